The molecule has 0 atom stereocenters. The van der Waals surface area contributed by atoms with Gasteiger partial charge in [-0.25, -0.2) is 9.78 Å². The first-order valence-electron chi connectivity index (χ1n) is 8.38. The number of carbonyl (C=O) groups is 1. The zero-order chi connectivity index (χ0) is 19.1. The zero-order valence-corrected chi connectivity index (χ0v) is 16.3. The lowest BCUT2D eigenvalue weighted by molar-refractivity contribution is 0.0529. The summed E-state index contributed by atoms with van der Waals surface area (Å²) in [5.41, 5.74) is -0.574. The highest BCUT2D eigenvalue weighted by atomic mass is 16.6. The third-order valence-electron chi connectivity index (χ3n) is 3.01. The zero-order valence-electron chi connectivity index (χ0n) is 16.3. The third kappa shape index (κ3) is 8.42. The molecule has 1 rings (SSSR count). The first kappa shape index (κ1) is 20.8. The minimum Gasteiger partial charge on any atom is -0.444 e. The maximum absolute atomic E-state index is 11.5. The van der Waals surface area contributed by atoms with Crippen LogP contribution in [-0.2, 0) is 16.7 Å². The molecule has 0 spiro atoms. The Morgan fingerprint density at radius 2 is 1.80 bits per heavy atom. The number of carbonyl (C=O) groups excluding carboxylic acids is 1. The van der Waals surface area contributed by atoms with Gasteiger partial charge in [-0.1, -0.05) is 20.8 Å². The predicted octanol–water partition coefficient (Wildman–Crippen LogP) is 2.16. The Morgan fingerprint density at radius 3 is 2.32 bits per heavy atom. The van der Waals surface area contributed by atoms with Crippen LogP contribution in [0.1, 0.15) is 53.2 Å². The van der Waals surface area contributed by atoms with Gasteiger partial charge in [0.1, 0.15) is 11.4 Å². The maximum Gasteiger partial charge on any atom is 0.407 e. The smallest absolute Gasteiger partial charge is 0.407 e. The Hall–Kier alpha value is -2.25. The van der Waals surface area contributed by atoms with Crippen molar-refractivity contribution in [1.29, 1.82) is 0 Å². The summed E-state index contributed by atoms with van der Waals surface area (Å²) >= 11 is 0. The average molecular weight is 353 g/mol. The number of aromatic nitrogens is 1. The Morgan fingerprint density at radius 1 is 1.16 bits per heavy atom. The number of oxazole rings is 1. The fourth-order valence-electron chi connectivity index (χ4n) is 1.78. The molecule has 0 unspecified atom stereocenters. The van der Waals surface area contributed by atoms with Gasteiger partial charge in [0.25, 0.3) is 0 Å². The number of amides is 1. The second-order valence-corrected chi connectivity index (χ2v) is 7.65. The molecule has 0 saturated heterocycles. The summed E-state index contributed by atoms with van der Waals surface area (Å²) in [5, 5.41) is 8.88. The molecular weight excluding hydrogens is 322 g/mol. The Kier molecular flexibility index (Phi) is 7.26. The van der Waals surface area contributed by atoms with E-state index in [1.54, 1.807) is 13.2 Å². The predicted molar refractivity (Wildman–Crippen MR) is 97.6 cm³/mol. The van der Waals surface area contributed by atoms with E-state index >= 15 is 0 Å². The third-order valence-corrected chi connectivity index (χ3v) is 3.01. The molecule has 0 saturated carbocycles. The first-order chi connectivity index (χ1) is 11.5. The summed E-state index contributed by atoms with van der Waals surface area (Å²) in [6.07, 6.45) is 1.31. The molecule has 0 bridgehead atoms. The normalized spacial score (nSPS) is 12.7. The Labute approximate surface area is 149 Å². The number of hydrogen-bond donors (Lipinski definition) is 3. The number of rotatable bonds is 5. The van der Waals surface area contributed by atoms with E-state index in [-0.39, 0.29) is 5.41 Å². The molecule has 0 fully saturated rings. The van der Waals surface area contributed by atoms with Crippen LogP contribution >= 0.6 is 0 Å². The summed E-state index contributed by atoms with van der Waals surface area (Å²) in [4.78, 5) is 19.9. The first-order valence-corrected chi connectivity index (χ1v) is 8.38. The molecular formula is C17H31N5O3. The van der Waals surface area contributed by atoms with Gasteiger partial charge in [0, 0.05) is 25.6 Å². The van der Waals surface area contributed by atoms with Crippen molar-refractivity contribution in [2.24, 2.45) is 4.99 Å². The molecule has 8 heteroatoms. The Bertz CT molecular complexity index is 582. The van der Waals surface area contributed by atoms with Crippen molar-refractivity contribution in [3.05, 3.63) is 17.8 Å². The van der Waals surface area contributed by atoms with Gasteiger partial charge in [0.2, 0.25) is 5.89 Å². The van der Waals surface area contributed by atoms with E-state index in [0.717, 1.165) is 5.76 Å². The van der Waals surface area contributed by atoms with Crippen LogP contribution in [0.25, 0.3) is 0 Å². The largest absolute Gasteiger partial charge is 0.444 e. The lowest BCUT2D eigenvalue weighted by Gasteiger charge is -2.19. The highest BCUT2D eigenvalue weighted by Gasteiger charge is 2.19. The van der Waals surface area contributed by atoms with Gasteiger partial charge in [-0.05, 0) is 20.8 Å². The molecule has 0 aliphatic heterocycles. The van der Waals surface area contributed by atoms with Crippen molar-refractivity contribution in [2.75, 3.05) is 20.1 Å². The maximum atomic E-state index is 11.5. The molecule has 1 aromatic heterocycles. The van der Waals surface area contributed by atoms with Crippen molar-refractivity contribution >= 4 is 12.1 Å². The van der Waals surface area contributed by atoms with Gasteiger partial charge < -0.3 is 25.1 Å². The summed E-state index contributed by atoms with van der Waals surface area (Å²) < 4.78 is 10.9. The molecule has 1 aromatic rings. The van der Waals surface area contributed by atoms with Gasteiger partial charge in [-0.2, -0.15) is 0 Å². The molecule has 142 valence electrons. The minimum absolute atomic E-state index is 0.0709. The fourth-order valence-corrected chi connectivity index (χ4v) is 1.78. The molecule has 8 nitrogen and oxygen atoms in total. The monoisotopic (exact) mass is 353 g/mol. The average Bonchev–Trinajstić information content (AvgIpc) is 2.93. The molecule has 0 aromatic carbocycles. The van der Waals surface area contributed by atoms with E-state index in [1.165, 1.54) is 0 Å². The van der Waals surface area contributed by atoms with Crippen LogP contribution in [0.15, 0.2) is 15.6 Å². The van der Waals surface area contributed by atoms with E-state index in [2.05, 4.69) is 46.7 Å². The van der Waals surface area contributed by atoms with E-state index in [4.69, 9.17) is 9.15 Å². The number of alkyl carbamates (subject to hydrolysis) is 1. The number of guanidine groups is 1. The van der Waals surface area contributed by atoms with Gasteiger partial charge in [0.05, 0.1) is 12.7 Å². The standard InChI is InChI=1S/C17H31N5O3/c1-16(2,3)12-10-21-13(24-12)11-22-14(18-7)19-8-9-20-15(23)25-17(4,5)6/h10H,8-9,11H2,1-7H3,(H,20,23)(H2,18,19,22). The second-order valence-electron chi connectivity index (χ2n) is 7.65. The van der Waals surface area contributed by atoms with Gasteiger partial charge in [-0.3, -0.25) is 4.99 Å². The molecule has 0 aliphatic carbocycles. The molecule has 25 heavy (non-hydrogen) atoms. The van der Waals surface area contributed by atoms with E-state index in [1.807, 2.05) is 20.8 Å². The van der Waals surface area contributed by atoms with Crippen LogP contribution in [-0.4, -0.2) is 42.8 Å². The van der Waals surface area contributed by atoms with Crippen LogP contribution in [0.3, 0.4) is 0 Å². The van der Waals surface area contributed by atoms with Crippen molar-refractivity contribution in [3.8, 4) is 0 Å². The summed E-state index contributed by atoms with van der Waals surface area (Å²) in [5.74, 6) is 2.04. The van der Waals surface area contributed by atoms with Crippen molar-refractivity contribution in [2.45, 2.75) is 59.1 Å². The number of nitrogens with zero attached hydrogens (tertiary/aromatic N) is 2. The van der Waals surface area contributed by atoms with E-state index in [9.17, 15) is 4.79 Å². The number of nitrogens with one attached hydrogen (secondary N) is 3. The highest BCUT2D eigenvalue weighted by Crippen LogP contribution is 2.22. The molecule has 3 N–H and O–H groups in total. The van der Waals surface area contributed by atoms with Gasteiger partial charge >= 0.3 is 6.09 Å². The quantitative estimate of drug-likeness (QED) is 0.426. The molecule has 0 aliphatic rings. The minimum atomic E-state index is -0.503. The van der Waals surface area contributed by atoms with Gasteiger partial charge in [0.15, 0.2) is 5.96 Å². The topological polar surface area (TPSA) is 101 Å². The molecule has 0 radical (unpaired) electrons. The number of aliphatic imine (C=N–C) groups is 1. The summed E-state index contributed by atoms with van der Waals surface area (Å²) in [7, 11) is 1.67. The van der Waals surface area contributed by atoms with Crippen LogP contribution in [0.2, 0.25) is 0 Å². The number of ether oxygens (including phenoxy) is 1. The van der Waals surface area contributed by atoms with Gasteiger partial charge in [-0.15, -0.1) is 0 Å². The van der Waals surface area contributed by atoms with Crippen molar-refractivity contribution in [3.63, 3.8) is 0 Å². The van der Waals surface area contributed by atoms with Crippen molar-refractivity contribution < 1.29 is 13.9 Å². The van der Waals surface area contributed by atoms with Crippen LogP contribution in [0, 0.1) is 0 Å². The SMILES string of the molecule is CN=C(NCCNC(=O)OC(C)(C)C)NCc1ncc(C(C)(C)C)o1. The van der Waals surface area contributed by atoms with E-state index < -0.39 is 11.7 Å². The fraction of sp³-hybridized carbons (Fsp3) is 0.706. The summed E-state index contributed by atoms with van der Waals surface area (Å²) in [6, 6.07) is 0. The summed E-state index contributed by atoms with van der Waals surface area (Å²) in [6.45, 7) is 13.0. The van der Waals surface area contributed by atoms with Crippen molar-refractivity contribution in [1.82, 2.24) is 20.9 Å². The Balaban J connectivity index is 2.31. The molecule has 1 heterocycles. The van der Waals surface area contributed by atoms with Crippen LogP contribution < -0.4 is 16.0 Å². The van der Waals surface area contributed by atoms with Crippen LogP contribution in [0.5, 0.6) is 0 Å². The number of hydrogen-bond acceptors (Lipinski definition) is 5. The second kappa shape index (κ2) is 8.73. The lowest BCUT2D eigenvalue weighted by atomic mass is 9.94. The van der Waals surface area contributed by atoms with Crippen LogP contribution in [0.4, 0.5) is 4.79 Å². The lowest BCUT2D eigenvalue weighted by Crippen LogP contribution is -2.42. The highest BCUT2D eigenvalue weighted by molar-refractivity contribution is 5.79. The van der Waals surface area contributed by atoms with E-state index in [0.29, 0.717) is 31.5 Å². The molecule has 1 amide bonds.